The normalized spacial score (nSPS) is 14.4. The minimum absolute atomic E-state index is 0.134. The van der Waals surface area contributed by atoms with Crippen molar-refractivity contribution in [2.45, 2.75) is 32.1 Å². The quantitative estimate of drug-likeness (QED) is 0.106. The van der Waals surface area contributed by atoms with Crippen molar-refractivity contribution in [3.63, 3.8) is 0 Å². The Kier molecular flexibility index (Phi) is 8.45. The molecule has 5 rings (SSSR count). The lowest BCUT2D eigenvalue weighted by Gasteiger charge is -2.20. The molecule has 1 aromatic heterocycles. The predicted octanol–water partition coefficient (Wildman–Crippen LogP) is 5.24. The molecule has 0 saturated heterocycles. The third kappa shape index (κ3) is 6.18. The molecule has 0 spiro atoms. The van der Waals surface area contributed by atoms with Crippen LogP contribution < -0.4 is 26.4 Å². The Labute approximate surface area is 238 Å². The Morgan fingerprint density at radius 1 is 1.10 bits per heavy atom. The summed E-state index contributed by atoms with van der Waals surface area (Å²) in [5.74, 6) is 6.66. The number of hydrazone groups is 1. The van der Waals surface area contributed by atoms with Gasteiger partial charge in [-0.05, 0) is 47.2 Å². The van der Waals surface area contributed by atoms with Crippen LogP contribution in [0.5, 0.6) is 11.5 Å². The first-order valence-corrected chi connectivity index (χ1v) is 13.3. The highest BCUT2D eigenvalue weighted by atomic mass is 35.5. The van der Waals surface area contributed by atoms with Gasteiger partial charge < -0.3 is 26.4 Å². The monoisotopic (exact) mass is 552 g/mol. The highest BCUT2D eigenvalue weighted by Gasteiger charge is 2.27. The maximum absolute atomic E-state index is 9.21. The van der Waals surface area contributed by atoms with Gasteiger partial charge in [0.15, 0.2) is 0 Å². The second-order valence-corrected chi connectivity index (χ2v) is 9.89. The lowest BCUT2D eigenvalue weighted by Crippen LogP contribution is -2.29. The van der Waals surface area contributed by atoms with Crippen molar-refractivity contribution in [3.05, 3.63) is 112 Å². The summed E-state index contributed by atoms with van der Waals surface area (Å²) >= 11 is 6.74. The highest BCUT2D eigenvalue weighted by molar-refractivity contribution is 6.32. The van der Waals surface area contributed by atoms with E-state index < -0.39 is 0 Å². The van der Waals surface area contributed by atoms with Gasteiger partial charge in [0, 0.05) is 36.1 Å². The number of halogens is 1. The predicted molar refractivity (Wildman–Crippen MR) is 156 cm³/mol. The number of amidine groups is 1. The van der Waals surface area contributed by atoms with E-state index in [2.05, 4.69) is 63.9 Å². The van der Waals surface area contributed by atoms with Crippen LogP contribution in [0.4, 0.5) is 0 Å². The van der Waals surface area contributed by atoms with E-state index in [0.29, 0.717) is 35.2 Å². The first-order chi connectivity index (χ1) is 19.6. The molecule has 0 amide bonds. The molecule has 4 aromatic rings. The largest absolute Gasteiger partial charge is 0.488 e. The van der Waals surface area contributed by atoms with Gasteiger partial charge in [0.05, 0.1) is 17.1 Å². The second-order valence-electron chi connectivity index (χ2n) is 9.48. The number of pyridine rings is 1. The van der Waals surface area contributed by atoms with E-state index in [4.69, 9.17) is 32.7 Å². The van der Waals surface area contributed by atoms with Gasteiger partial charge in [-0.3, -0.25) is 4.98 Å². The maximum Gasteiger partial charge on any atom is 0.142 e. The van der Waals surface area contributed by atoms with Gasteiger partial charge in [0.1, 0.15) is 36.1 Å². The van der Waals surface area contributed by atoms with Crippen molar-refractivity contribution in [1.82, 2.24) is 10.3 Å². The lowest BCUT2D eigenvalue weighted by atomic mass is 9.97. The zero-order valence-corrected chi connectivity index (χ0v) is 22.6. The van der Waals surface area contributed by atoms with Crippen LogP contribution in [0.3, 0.4) is 0 Å². The minimum atomic E-state index is -0.134. The van der Waals surface area contributed by atoms with Gasteiger partial charge >= 0.3 is 0 Å². The molecule has 1 aliphatic carbocycles. The molecule has 40 heavy (non-hydrogen) atoms. The van der Waals surface area contributed by atoms with Crippen molar-refractivity contribution >= 4 is 17.4 Å². The molecule has 1 unspecified atom stereocenters. The van der Waals surface area contributed by atoms with Crippen LogP contribution in [0.15, 0.2) is 84.2 Å². The fourth-order valence-electron chi connectivity index (χ4n) is 4.88. The average Bonchev–Trinajstić information content (AvgIpc) is 3.41. The van der Waals surface area contributed by atoms with E-state index >= 15 is 0 Å². The number of nitrogens with one attached hydrogen (secondary N) is 1. The van der Waals surface area contributed by atoms with Gasteiger partial charge in [0.25, 0.3) is 0 Å². The number of benzene rings is 3. The number of hydrogen-bond donors (Lipinski definition) is 3. The van der Waals surface area contributed by atoms with Crippen LogP contribution in [-0.4, -0.2) is 17.4 Å². The standard InChI is InChI=1S/C31H29ClN6O2/c32-27-12-23(17-37-18-31(34)38-35)29(39-19-21-11-20(14-33)15-36-16-21)13-30(27)40-28-10-9-25-24(7-4-8-26(25)28)22-5-2-1-3-6-22/h1-8,11-13,15-16,28,37H,9-10,17-19,35H2,(H2,34,38). The Balaban J connectivity index is 1.40. The van der Waals surface area contributed by atoms with E-state index in [1.807, 2.05) is 18.2 Å². The molecule has 0 saturated carbocycles. The average molecular weight is 553 g/mol. The third-order valence-electron chi connectivity index (χ3n) is 6.79. The molecule has 9 heteroatoms. The van der Waals surface area contributed by atoms with Crippen molar-refractivity contribution in [2.75, 3.05) is 6.54 Å². The number of nitrogens with two attached hydrogens (primary N) is 2. The van der Waals surface area contributed by atoms with Crippen molar-refractivity contribution in [2.24, 2.45) is 16.7 Å². The van der Waals surface area contributed by atoms with Gasteiger partial charge in [-0.2, -0.15) is 10.4 Å². The van der Waals surface area contributed by atoms with Crippen molar-refractivity contribution < 1.29 is 9.47 Å². The first kappa shape index (κ1) is 27.0. The molecule has 0 fully saturated rings. The number of rotatable bonds is 10. The summed E-state index contributed by atoms with van der Waals surface area (Å²) < 4.78 is 12.7. The third-order valence-corrected chi connectivity index (χ3v) is 7.09. The summed E-state index contributed by atoms with van der Waals surface area (Å²) in [4.78, 5) is 4.12. The van der Waals surface area contributed by atoms with Crippen LogP contribution in [-0.2, 0) is 19.6 Å². The molecule has 1 atom stereocenters. The SMILES string of the molecule is N#Cc1cncc(COc2cc(OC3CCc4c(-c5ccccc5)cccc43)c(Cl)cc2CNC/C(N)=N/N)c1. The lowest BCUT2D eigenvalue weighted by molar-refractivity contribution is 0.206. The van der Waals surface area contributed by atoms with Crippen LogP contribution in [0.1, 0.15) is 40.3 Å². The molecule has 1 heterocycles. The molecule has 1 aliphatic rings. The summed E-state index contributed by atoms with van der Waals surface area (Å²) in [5.41, 5.74) is 12.7. The Hall–Kier alpha value is -4.58. The molecule has 0 aliphatic heterocycles. The molecule has 0 bridgehead atoms. The molecular formula is C31H29ClN6O2. The summed E-state index contributed by atoms with van der Waals surface area (Å²) in [6.07, 6.45) is 4.81. The number of hydrogen-bond acceptors (Lipinski definition) is 7. The van der Waals surface area contributed by atoms with Crippen LogP contribution in [0.25, 0.3) is 11.1 Å². The zero-order valence-electron chi connectivity index (χ0n) is 21.8. The van der Waals surface area contributed by atoms with E-state index in [9.17, 15) is 5.26 Å². The van der Waals surface area contributed by atoms with Crippen LogP contribution in [0, 0.1) is 11.3 Å². The van der Waals surface area contributed by atoms with Gasteiger partial charge in [-0.1, -0.05) is 60.1 Å². The van der Waals surface area contributed by atoms with Crippen molar-refractivity contribution in [3.8, 4) is 28.7 Å². The Morgan fingerprint density at radius 3 is 2.75 bits per heavy atom. The van der Waals surface area contributed by atoms with Crippen molar-refractivity contribution in [1.29, 1.82) is 5.26 Å². The number of fused-ring (bicyclic) bond motifs is 1. The summed E-state index contributed by atoms with van der Waals surface area (Å²) in [6.45, 7) is 0.937. The summed E-state index contributed by atoms with van der Waals surface area (Å²) in [5, 5.41) is 16.4. The molecule has 3 aromatic carbocycles. The number of aromatic nitrogens is 1. The Bertz CT molecular complexity index is 1570. The molecule has 5 N–H and O–H groups in total. The fraction of sp³-hybridized carbons (Fsp3) is 0.194. The van der Waals surface area contributed by atoms with Gasteiger partial charge in [-0.15, -0.1) is 0 Å². The van der Waals surface area contributed by atoms with Crippen LogP contribution in [0.2, 0.25) is 5.02 Å². The number of nitrogens with zero attached hydrogens (tertiary/aromatic N) is 3. The first-order valence-electron chi connectivity index (χ1n) is 12.9. The van der Waals surface area contributed by atoms with E-state index in [1.54, 1.807) is 12.3 Å². The van der Waals surface area contributed by atoms with Gasteiger partial charge in [0.2, 0.25) is 0 Å². The van der Waals surface area contributed by atoms with E-state index in [0.717, 1.165) is 24.0 Å². The fourth-order valence-corrected chi connectivity index (χ4v) is 5.11. The smallest absolute Gasteiger partial charge is 0.142 e. The number of ether oxygens (including phenoxy) is 2. The second kappa shape index (κ2) is 12.5. The van der Waals surface area contributed by atoms with E-state index in [1.165, 1.54) is 28.5 Å². The minimum Gasteiger partial charge on any atom is -0.488 e. The molecule has 8 nitrogen and oxygen atoms in total. The highest BCUT2D eigenvalue weighted by Crippen LogP contribution is 2.42. The topological polar surface area (TPSA) is 132 Å². The molecule has 202 valence electrons. The summed E-state index contributed by atoms with van der Waals surface area (Å²) in [6, 6.07) is 24.3. The maximum atomic E-state index is 9.21. The van der Waals surface area contributed by atoms with E-state index in [-0.39, 0.29) is 18.5 Å². The zero-order chi connectivity index (χ0) is 27.9. The number of nitriles is 1. The molecular weight excluding hydrogens is 524 g/mol. The molecule has 0 radical (unpaired) electrons. The van der Waals surface area contributed by atoms with Crippen LogP contribution >= 0.6 is 11.6 Å². The Morgan fingerprint density at radius 2 is 1.95 bits per heavy atom. The van der Waals surface area contributed by atoms with Gasteiger partial charge in [-0.25, -0.2) is 0 Å². The summed E-state index contributed by atoms with van der Waals surface area (Å²) in [7, 11) is 0.